The molecule has 0 heterocycles. The summed E-state index contributed by atoms with van der Waals surface area (Å²) in [6, 6.07) is 2.55. The number of carbonyl (C=O) groups excluding carboxylic acids is 1. The molecule has 5 N–H and O–H groups in total. The topological polar surface area (TPSA) is 89.3 Å². The van der Waals surface area contributed by atoms with Crippen LogP contribution in [0.1, 0.15) is 10.4 Å². The van der Waals surface area contributed by atoms with Crippen LogP contribution in [0.25, 0.3) is 0 Å². The molecule has 0 aliphatic rings. The van der Waals surface area contributed by atoms with Gasteiger partial charge in [-0.2, -0.15) is 0 Å². The van der Waals surface area contributed by atoms with Gasteiger partial charge in [-0.05, 0) is 6.07 Å². The van der Waals surface area contributed by atoms with Gasteiger partial charge in [-0.1, -0.05) is 0 Å². The lowest BCUT2D eigenvalue weighted by atomic mass is 10.1. The largest absolute Gasteiger partial charge is 0.507 e. The molecule has 0 radical (unpaired) electrons. The third-order valence-electron chi connectivity index (χ3n) is 1.62. The Kier molecular flexibility index (Phi) is 2.63. The predicted octanol–water partition coefficient (Wildman–Crippen LogP) is 0.978. The maximum Gasteiger partial charge on any atom is 0.181 e. The fourth-order valence-corrected chi connectivity index (χ4v) is 1.06. The van der Waals surface area contributed by atoms with Crippen molar-refractivity contribution in [2.24, 2.45) is 0 Å². The minimum atomic E-state index is -0.383. The molecule has 0 aliphatic carbocycles. The van der Waals surface area contributed by atoms with Crippen molar-refractivity contribution in [3.8, 4) is 5.75 Å². The van der Waals surface area contributed by atoms with Crippen LogP contribution in [0.2, 0.25) is 0 Å². The number of hydrogen-bond acceptors (Lipinski definition) is 4. The number of alkyl halides is 1. The Bertz CT molecular complexity index is 352. The summed E-state index contributed by atoms with van der Waals surface area (Å²) in [5.74, 6) is -0.778. The van der Waals surface area contributed by atoms with E-state index in [0.29, 0.717) is 0 Å². The molecule has 1 aromatic rings. The van der Waals surface area contributed by atoms with Gasteiger partial charge in [0, 0.05) is 6.07 Å². The van der Waals surface area contributed by atoms with Gasteiger partial charge in [0.25, 0.3) is 0 Å². The highest BCUT2D eigenvalue weighted by atomic mass is 35.5. The fourth-order valence-electron chi connectivity index (χ4n) is 0.916. The van der Waals surface area contributed by atoms with Gasteiger partial charge in [0.05, 0.1) is 22.8 Å². The zero-order valence-corrected chi connectivity index (χ0v) is 7.51. The van der Waals surface area contributed by atoms with E-state index < -0.39 is 0 Å². The van der Waals surface area contributed by atoms with Gasteiger partial charge in [0.1, 0.15) is 5.75 Å². The van der Waals surface area contributed by atoms with E-state index in [-0.39, 0.29) is 34.4 Å². The standard InChI is InChI=1S/C8H9ClN2O2/c9-3-8(13)4-1-5(10)6(11)2-7(4)12/h1-2,12H,3,10-11H2. The molecule has 1 aromatic carbocycles. The molecule has 0 unspecified atom stereocenters. The second-order valence-electron chi connectivity index (χ2n) is 2.56. The van der Waals surface area contributed by atoms with Crippen molar-refractivity contribution in [1.29, 1.82) is 0 Å². The third kappa shape index (κ3) is 1.84. The summed E-state index contributed by atoms with van der Waals surface area (Å²) in [6.45, 7) is 0. The predicted molar refractivity (Wildman–Crippen MR) is 52.0 cm³/mol. The highest BCUT2D eigenvalue weighted by Crippen LogP contribution is 2.26. The number of aromatic hydroxyl groups is 1. The van der Waals surface area contributed by atoms with Crippen molar-refractivity contribution < 1.29 is 9.90 Å². The van der Waals surface area contributed by atoms with Crippen LogP contribution in [-0.4, -0.2) is 16.8 Å². The van der Waals surface area contributed by atoms with E-state index in [1.165, 1.54) is 12.1 Å². The molecule has 0 spiro atoms. The average Bonchev–Trinajstić information content (AvgIpc) is 2.10. The molecule has 70 valence electrons. The van der Waals surface area contributed by atoms with Crippen LogP contribution in [0, 0.1) is 0 Å². The number of anilines is 2. The fraction of sp³-hybridized carbons (Fsp3) is 0.125. The molecular weight excluding hydrogens is 192 g/mol. The van der Waals surface area contributed by atoms with Crippen LogP contribution in [-0.2, 0) is 0 Å². The van der Waals surface area contributed by atoms with Gasteiger partial charge in [-0.15, -0.1) is 11.6 Å². The van der Waals surface area contributed by atoms with Gasteiger partial charge in [-0.3, -0.25) is 4.79 Å². The van der Waals surface area contributed by atoms with E-state index in [0.717, 1.165) is 0 Å². The van der Waals surface area contributed by atoms with E-state index in [2.05, 4.69) is 0 Å². The van der Waals surface area contributed by atoms with E-state index in [1.54, 1.807) is 0 Å². The molecule has 0 aromatic heterocycles. The quantitative estimate of drug-likeness (QED) is 0.287. The van der Waals surface area contributed by atoms with E-state index >= 15 is 0 Å². The van der Waals surface area contributed by atoms with Gasteiger partial charge in [0.2, 0.25) is 0 Å². The first-order chi connectivity index (χ1) is 6.06. The molecule has 1 rings (SSSR count). The number of nitrogen functional groups attached to an aromatic ring is 2. The lowest BCUT2D eigenvalue weighted by Gasteiger charge is -2.05. The van der Waals surface area contributed by atoms with Crippen LogP contribution >= 0.6 is 11.6 Å². The van der Waals surface area contributed by atoms with Crippen LogP contribution < -0.4 is 11.5 Å². The number of phenols is 1. The van der Waals surface area contributed by atoms with Gasteiger partial charge in [0.15, 0.2) is 5.78 Å². The molecule has 0 saturated heterocycles. The molecule has 5 heteroatoms. The second kappa shape index (κ2) is 3.53. The molecule has 4 nitrogen and oxygen atoms in total. The third-order valence-corrected chi connectivity index (χ3v) is 1.87. The minimum Gasteiger partial charge on any atom is -0.507 e. The van der Waals surface area contributed by atoms with Crippen molar-refractivity contribution in [3.05, 3.63) is 17.7 Å². The van der Waals surface area contributed by atoms with E-state index in [4.69, 9.17) is 23.1 Å². The first-order valence-corrected chi connectivity index (χ1v) is 4.07. The van der Waals surface area contributed by atoms with Crippen molar-refractivity contribution in [3.63, 3.8) is 0 Å². The lowest BCUT2D eigenvalue weighted by Crippen LogP contribution is -2.03. The number of benzene rings is 1. The Labute approximate surface area is 80.1 Å². The van der Waals surface area contributed by atoms with Crippen molar-refractivity contribution >= 4 is 28.8 Å². The first kappa shape index (κ1) is 9.67. The SMILES string of the molecule is Nc1cc(O)c(C(=O)CCl)cc1N. The Morgan fingerprint density at radius 3 is 2.46 bits per heavy atom. The van der Waals surface area contributed by atoms with E-state index in [9.17, 15) is 9.90 Å². The highest BCUT2D eigenvalue weighted by Gasteiger charge is 2.11. The summed E-state index contributed by atoms with van der Waals surface area (Å²) in [4.78, 5) is 11.1. The number of ketones is 1. The maximum absolute atomic E-state index is 11.1. The molecule has 0 bridgehead atoms. The summed E-state index contributed by atoms with van der Waals surface area (Å²) < 4.78 is 0. The Balaban J connectivity index is 3.23. The Hall–Kier alpha value is -1.42. The molecule has 0 amide bonds. The molecule has 0 saturated carbocycles. The van der Waals surface area contributed by atoms with Gasteiger partial charge < -0.3 is 16.6 Å². The van der Waals surface area contributed by atoms with Crippen LogP contribution in [0.3, 0.4) is 0 Å². The molecule has 0 fully saturated rings. The summed E-state index contributed by atoms with van der Waals surface area (Å²) in [5, 5.41) is 9.30. The summed E-state index contributed by atoms with van der Waals surface area (Å²) in [7, 11) is 0. The Morgan fingerprint density at radius 1 is 1.38 bits per heavy atom. The lowest BCUT2D eigenvalue weighted by molar-refractivity contribution is 0.101. The zero-order chi connectivity index (χ0) is 10.0. The second-order valence-corrected chi connectivity index (χ2v) is 2.82. The number of rotatable bonds is 2. The van der Waals surface area contributed by atoms with Crippen LogP contribution in [0.5, 0.6) is 5.75 Å². The number of hydrogen-bond donors (Lipinski definition) is 3. The van der Waals surface area contributed by atoms with Crippen LogP contribution in [0.15, 0.2) is 12.1 Å². The number of carbonyl (C=O) groups is 1. The average molecular weight is 201 g/mol. The zero-order valence-electron chi connectivity index (χ0n) is 6.75. The molecule has 0 atom stereocenters. The normalized spacial score (nSPS) is 9.92. The summed E-state index contributed by atoms with van der Waals surface area (Å²) >= 11 is 5.32. The highest BCUT2D eigenvalue weighted by molar-refractivity contribution is 6.30. The molecular formula is C8H9ClN2O2. The maximum atomic E-state index is 11.1. The summed E-state index contributed by atoms with van der Waals surface area (Å²) in [6.07, 6.45) is 0. The molecule has 0 aliphatic heterocycles. The van der Waals surface area contributed by atoms with Crippen LogP contribution in [0.4, 0.5) is 11.4 Å². The minimum absolute atomic E-state index is 0.0988. The number of Topliss-reactive ketones (excluding diaryl/α,β-unsaturated/α-hetero) is 1. The van der Waals surface area contributed by atoms with Gasteiger partial charge in [-0.25, -0.2) is 0 Å². The number of nitrogens with two attached hydrogens (primary N) is 2. The van der Waals surface area contributed by atoms with Crippen molar-refractivity contribution in [2.45, 2.75) is 0 Å². The number of halogens is 1. The Morgan fingerprint density at radius 2 is 1.92 bits per heavy atom. The van der Waals surface area contributed by atoms with E-state index in [1.807, 2.05) is 0 Å². The monoisotopic (exact) mass is 200 g/mol. The summed E-state index contributed by atoms with van der Waals surface area (Å²) in [5.41, 5.74) is 11.4. The van der Waals surface area contributed by atoms with Crippen molar-refractivity contribution in [1.82, 2.24) is 0 Å². The van der Waals surface area contributed by atoms with Crippen molar-refractivity contribution in [2.75, 3.05) is 17.3 Å². The number of phenolic OH excluding ortho intramolecular Hbond substituents is 1. The smallest absolute Gasteiger partial charge is 0.181 e. The first-order valence-electron chi connectivity index (χ1n) is 3.53. The van der Waals surface area contributed by atoms with Gasteiger partial charge >= 0.3 is 0 Å². The molecule has 13 heavy (non-hydrogen) atoms.